The zero-order valence-electron chi connectivity index (χ0n) is 8.90. The quantitative estimate of drug-likeness (QED) is 0.600. The summed E-state index contributed by atoms with van der Waals surface area (Å²) in [6, 6.07) is -0.728. The van der Waals surface area contributed by atoms with Crippen LogP contribution in [0.1, 0.15) is 20.3 Å². The summed E-state index contributed by atoms with van der Waals surface area (Å²) in [6.45, 7) is 2.90. The molecule has 1 aliphatic rings. The standard InChI is InChI=1S/C9H14N2O4/c1-9(2,8(14)15)10-5-4-6(12)11(3)7(5)13/h5,10H,4H2,1-3H3,(H,14,15). The van der Waals surface area contributed by atoms with E-state index in [9.17, 15) is 14.4 Å². The fraction of sp³-hybridized carbons (Fsp3) is 0.667. The van der Waals surface area contributed by atoms with Gasteiger partial charge in [-0.15, -0.1) is 0 Å². The van der Waals surface area contributed by atoms with Gasteiger partial charge in [-0.3, -0.25) is 24.6 Å². The maximum absolute atomic E-state index is 11.5. The van der Waals surface area contributed by atoms with Crippen molar-refractivity contribution in [2.24, 2.45) is 0 Å². The molecule has 1 atom stereocenters. The lowest BCUT2D eigenvalue weighted by Crippen LogP contribution is -2.53. The van der Waals surface area contributed by atoms with Crippen molar-refractivity contribution in [3.05, 3.63) is 0 Å². The molecule has 1 fully saturated rings. The number of carboxylic acids is 1. The summed E-state index contributed by atoms with van der Waals surface area (Å²) >= 11 is 0. The van der Waals surface area contributed by atoms with E-state index < -0.39 is 17.6 Å². The third kappa shape index (κ3) is 2.15. The molecule has 0 aliphatic carbocycles. The molecule has 6 heteroatoms. The van der Waals surface area contributed by atoms with Gasteiger partial charge in [0, 0.05) is 7.05 Å². The van der Waals surface area contributed by atoms with Gasteiger partial charge in [0.25, 0.3) is 0 Å². The van der Waals surface area contributed by atoms with E-state index in [-0.39, 0.29) is 18.2 Å². The summed E-state index contributed by atoms with van der Waals surface area (Å²) in [7, 11) is 1.39. The molecule has 1 saturated heterocycles. The van der Waals surface area contributed by atoms with Gasteiger partial charge in [-0.2, -0.15) is 0 Å². The number of likely N-dealkylation sites (N-methyl/N-ethyl adjacent to an activating group) is 1. The van der Waals surface area contributed by atoms with Crippen LogP contribution in [0.3, 0.4) is 0 Å². The van der Waals surface area contributed by atoms with Crippen molar-refractivity contribution in [1.29, 1.82) is 0 Å². The van der Waals surface area contributed by atoms with Crippen LogP contribution in [0.2, 0.25) is 0 Å². The lowest BCUT2D eigenvalue weighted by atomic mass is 10.0. The van der Waals surface area contributed by atoms with Crippen molar-refractivity contribution < 1.29 is 19.5 Å². The molecule has 1 aliphatic heterocycles. The summed E-state index contributed by atoms with van der Waals surface area (Å²) in [5.41, 5.74) is -1.22. The smallest absolute Gasteiger partial charge is 0.323 e. The highest BCUT2D eigenvalue weighted by Crippen LogP contribution is 2.14. The minimum Gasteiger partial charge on any atom is -0.480 e. The summed E-state index contributed by atoms with van der Waals surface area (Å²) in [4.78, 5) is 34.4. The monoisotopic (exact) mass is 214 g/mol. The van der Waals surface area contributed by atoms with Gasteiger partial charge in [-0.1, -0.05) is 0 Å². The maximum atomic E-state index is 11.5. The van der Waals surface area contributed by atoms with Crippen LogP contribution in [0.25, 0.3) is 0 Å². The van der Waals surface area contributed by atoms with E-state index in [1.807, 2.05) is 0 Å². The van der Waals surface area contributed by atoms with E-state index >= 15 is 0 Å². The molecule has 1 heterocycles. The summed E-state index contributed by atoms with van der Waals surface area (Å²) < 4.78 is 0. The first-order chi connectivity index (χ1) is 6.75. The molecule has 6 nitrogen and oxygen atoms in total. The predicted molar refractivity (Wildman–Crippen MR) is 51.0 cm³/mol. The second kappa shape index (κ2) is 3.62. The van der Waals surface area contributed by atoms with Crippen LogP contribution in [-0.2, 0) is 14.4 Å². The van der Waals surface area contributed by atoms with Crippen LogP contribution in [0, 0.1) is 0 Å². The molecule has 84 valence electrons. The number of carbonyl (C=O) groups excluding carboxylic acids is 2. The molecule has 0 saturated carbocycles. The number of rotatable bonds is 3. The van der Waals surface area contributed by atoms with Gasteiger partial charge < -0.3 is 5.11 Å². The molecule has 0 bridgehead atoms. The largest absolute Gasteiger partial charge is 0.480 e. The van der Waals surface area contributed by atoms with Gasteiger partial charge in [0.15, 0.2) is 0 Å². The molecule has 0 aromatic carbocycles. The number of nitrogens with one attached hydrogen (secondary N) is 1. The van der Waals surface area contributed by atoms with Gasteiger partial charge in [-0.05, 0) is 13.8 Å². The number of hydrogen-bond donors (Lipinski definition) is 2. The van der Waals surface area contributed by atoms with E-state index in [0.29, 0.717) is 0 Å². The van der Waals surface area contributed by atoms with E-state index in [4.69, 9.17) is 5.11 Å². The van der Waals surface area contributed by atoms with Crippen molar-refractivity contribution >= 4 is 17.8 Å². The number of aliphatic carboxylic acids is 1. The maximum Gasteiger partial charge on any atom is 0.323 e. The first-order valence-electron chi connectivity index (χ1n) is 4.57. The molecule has 0 aromatic heterocycles. The minimum absolute atomic E-state index is 0.0199. The second-order valence-corrected chi connectivity index (χ2v) is 4.12. The lowest BCUT2D eigenvalue weighted by molar-refractivity contribution is -0.144. The first kappa shape index (κ1) is 11.6. The Bertz CT molecular complexity index is 324. The van der Waals surface area contributed by atoms with E-state index in [1.54, 1.807) is 0 Å². The zero-order chi connectivity index (χ0) is 11.8. The number of hydrogen-bond acceptors (Lipinski definition) is 4. The lowest BCUT2D eigenvalue weighted by Gasteiger charge is -2.24. The number of nitrogens with zero attached hydrogens (tertiary/aromatic N) is 1. The fourth-order valence-electron chi connectivity index (χ4n) is 1.37. The van der Waals surface area contributed by atoms with Crippen LogP contribution < -0.4 is 5.32 Å². The van der Waals surface area contributed by atoms with Gasteiger partial charge in [0.05, 0.1) is 12.5 Å². The molecular formula is C9H14N2O4. The zero-order valence-corrected chi connectivity index (χ0v) is 8.90. The van der Waals surface area contributed by atoms with E-state index in [0.717, 1.165) is 4.90 Å². The molecule has 0 radical (unpaired) electrons. The highest BCUT2D eigenvalue weighted by atomic mass is 16.4. The van der Waals surface area contributed by atoms with Gasteiger partial charge in [-0.25, -0.2) is 0 Å². The van der Waals surface area contributed by atoms with Gasteiger partial charge >= 0.3 is 5.97 Å². The summed E-state index contributed by atoms with van der Waals surface area (Å²) in [5.74, 6) is -1.73. The highest BCUT2D eigenvalue weighted by molar-refractivity contribution is 6.05. The van der Waals surface area contributed by atoms with Crippen LogP contribution in [0.4, 0.5) is 0 Å². The van der Waals surface area contributed by atoms with E-state index in [2.05, 4.69) is 5.32 Å². The van der Waals surface area contributed by atoms with Crippen molar-refractivity contribution in [2.45, 2.75) is 31.8 Å². The van der Waals surface area contributed by atoms with Gasteiger partial charge in [0.2, 0.25) is 11.8 Å². The van der Waals surface area contributed by atoms with Crippen molar-refractivity contribution in [2.75, 3.05) is 7.05 Å². The Balaban J connectivity index is 2.73. The molecule has 0 spiro atoms. The molecule has 1 rings (SSSR count). The molecule has 2 amide bonds. The number of amides is 2. The SMILES string of the molecule is CN1C(=O)CC(NC(C)(C)C(=O)O)C1=O. The molecular weight excluding hydrogens is 200 g/mol. The Labute approximate surface area is 87.2 Å². The molecule has 0 aromatic rings. The second-order valence-electron chi connectivity index (χ2n) is 4.12. The highest BCUT2D eigenvalue weighted by Gasteiger charge is 2.40. The number of carboxylic acid groups (broad SMARTS) is 1. The molecule has 1 unspecified atom stereocenters. The van der Waals surface area contributed by atoms with Crippen LogP contribution in [0.15, 0.2) is 0 Å². The van der Waals surface area contributed by atoms with Gasteiger partial charge in [0.1, 0.15) is 5.54 Å². The Kier molecular flexibility index (Phi) is 2.81. The fourth-order valence-corrected chi connectivity index (χ4v) is 1.37. The third-order valence-corrected chi connectivity index (χ3v) is 2.45. The number of likely N-dealkylation sites (tertiary alicyclic amines) is 1. The van der Waals surface area contributed by atoms with Crippen molar-refractivity contribution in [3.8, 4) is 0 Å². The average molecular weight is 214 g/mol. The normalized spacial score (nSPS) is 22.3. The van der Waals surface area contributed by atoms with E-state index in [1.165, 1.54) is 20.9 Å². The Hall–Kier alpha value is -1.43. The predicted octanol–water partition coefficient (Wildman–Crippen LogP) is -0.803. The van der Waals surface area contributed by atoms with Crippen molar-refractivity contribution in [1.82, 2.24) is 10.2 Å². The number of imide groups is 1. The molecule has 15 heavy (non-hydrogen) atoms. The van der Waals surface area contributed by atoms with Crippen molar-refractivity contribution in [3.63, 3.8) is 0 Å². The third-order valence-electron chi connectivity index (χ3n) is 2.45. The Morgan fingerprint density at radius 1 is 1.53 bits per heavy atom. The Morgan fingerprint density at radius 2 is 2.07 bits per heavy atom. The van der Waals surface area contributed by atoms with Crippen LogP contribution >= 0.6 is 0 Å². The Morgan fingerprint density at radius 3 is 2.40 bits per heavy atom. The first-order valence-corrected chi connectivity index (χ1v) is 4.57. The molecule has 2 N–H and O–H groups in total. The number of carbonyl (C=O) groups is 3. The average Bonchev–Trinajstić information content (AvgIpc) is 2.33. The summed E-state index contributed by atoms with van der Waals surface area (Å²) in [5, 5.41) is 11.5. The van der Waals surface area contributed by atoms with Crippen LogP contribution in [-0.4, -0.2) is 46.4 Å². The topological polar surface area (TPSA) is 86.7 Å². The van der Waals surface area contributed by atoms with Crippen LogP contribution in [0.5, 0.6) is 0 Å². The summed E-state index contributed by atoms with van der Waals surface area (Å²) in [6.07, 6.45) is 0.0199. The minimum atomic E-state index is -1.22.